The minimum Gasteiger partial charge on any atom is -0.493 e. The van der Waals surface area contributed by atoms with Crippen molar-refractivity contribution in [2.75, 3.05) is 44.2 Å². The number of nitrogens with zero attached hydrogens (tertiary/aromatic N) is 2. The van der Waals surface area contributed by atoms with Crippen molar-refractivity contribution in [3.8, 4) is 5.75 Å². The van der Waals surface area contributed by atoms with Gasteiger partial charge < -0.3 is 9.64 Å². The zero-order valence-electron chi connectivity index (χ0n) is 15.6. The van der Waals surface area contributed by atoms with Gasteiger partial charge in [-0.1, -0.05) is 29.8 Å². The van der Waals surface area contributed by atoms with Crippen molar-refractivity contribution in [1.82, 2.24) is 4.90 Å². The van der Waals surface area contributed by atoms with E-state index in [0.29, 0.717) is 17.9 Å². The molecule has 2 aromatic carbocycles. The van der Waals surface area contributed by atoms with Crippen molar-refractivity contribution < 1.29 is 9.53 Å². The summed E-state index contributed by atoms with van der Waals surface area (Å²) in [5, 5.41) is 0. The van der Waals surface area contributed by atoms with Crippen molar-refractivity contribution in [3.63, 3.8) is 0 Å². The second-order valence-electron chi connectivity index (χ2n) is 6.88. The van der Waals surface area contributed by atoms with E-state index in [1.54, 1.807) is 6.07 Å². The summed E-state index contributed by atoms with van der Waals surface area (Å²) in [6.45, 7) is 8.31. The molecule has 3 rings (SSSR count). The lowest BCUT2D eigenvalue weighted by Gasteiger charge is -2.36. The van der Waals surface area contributed by atoms with E-state index >= 15 is 0 Å². The largest absolute Gasteiger partial charge is 0.493 e. The van der Waals surface area contributed by atoms with Crippen LogP contribution in [0.1, 0.15) is 28.8 Å². The van der Waals surface area contributed by atoms with Crippen LogP contribution in [-0.4, -0.2) is 50.5 Å². The molecule has 0 radical (unpaired) electrons. The molecular formula is C22H28N2O2. The zero-order valence-corrected chi connectivity index (χ0v) is 15.6. The Morgan fingerprint density at radius 3 is 2.42 bits per heavy atom. The number of ether oxygens (including phenoxy) is 1. The number of unbranched alkanes of at least 4 members (excludes halogenated alkanes) is 1. The first-order chi connectivity index (χ1) is 12.8. The quantitative estimate of drug-likeness (QED) is 0.535. The molecule has 138 valence electrons. The molecule has 0 bridgehead atoms. The molecule has 0 atom stereocenters. The summed E-state index contributed by atoms with van der Waals surface area (Å²) in [6, 6.07) is 16.2. The Balaban J connectivity index is 1.33. The lowest BCUT2D eigenvalue weighted by Crippen LogP contribution is -2.46. The third-order valence-corrected chi connectivity index (χ3v) is 4.94. The molecule has 0 unspecified atom stereocenters. The molecule has 0 saturated carbocycles. The Bertz CT molecular complexity index is 692. The number of piperazine rings is 1. The van der Waals surface area contributed by atoms with Gasteiger partial charge in [0.25, 0.3) is 0 Å². The molecule has 1 fully saturated rings. The van der Waals surface area contributed by atoms with Crippen LogP contribution in [0.3, 0.4) is 0 Å². The van der Waals surface area contributed by atoms with Gasteiger partial charge in [0.05, 0.1) is 12.2 Å². The van der Waals surface area contributed by atoms with Crippen LogP contribution in [0.25, 0.3) is 0 Å². The molecule has 26 heavy (non-hydrogen) atoms. The van der Waals surface area contributed by atoms with Crippen LogP contribution in [0.2, 0.25) is 0 Å². The summed E-state index contributed by atoms with van der Waals surface area (Å²) < 4.78 is 5.74. The third kappa shape index (κ3) is 5.09. The van der Waals surface area contributed by atoms with E-state index in [2.05, 4.69) is 41.0 Å². The molecule has 0 N–H and O–H groups in total. The van der Waals surface area contributed by atoms with Crippen molar-refractivity contribution >= 4 is 12.0 Å². The van der Waals surface area contributed by atoms with E-state index in [-0.39, 0.29) is 0 Å². The highest BCUT2D eigenvalue weighted by atomic mass is 16.5. The van der Waals surface area contributed by atoms with Gasteiger partial charge in [0.1, 0.15) is 5.75 Å². The Hall–Kier alpha value is -2.33. The zero-order chi connectivity index (χ0) is 18.2. The number of benzene rings is 2. The fraction of sp³-hybridized carbons (Fsp3) is 0.409. The van der Waals surface area contributed by atoms with Gasteiger partial charge in [-0.3, -0.25) is 9.69 Å². The van der Waals surface area contributed by atoms with Gasteiger partial charge in [-0.15, -0.1) is 0 Å². The van der Waals surface area contributed by atoms with E-state index in [1.165, 1.54) is 11.3 Å². The lowest BCUT2D eigenvalue weighted by molar-refractivity contribution is 0.111. The summed E-state index contributed by atoms with van der Waals surface area (Å²) in [5.74, 6) is 0.689. The molecule has 1 saturated heterocycles. The van der Waals surface area contributed by atoms with Crippen LogP contribution in [0.15, 0.2) is 48.5 Å². The number of hydrogen-bond acceptors (Lipinski definition) is 4. The molecule has 4 heteroatoms. The highest BCUT2D eigenvalue weighted by Crippen LogP contribution is 2.18. The minimum absolute atomic E-state index is 0.625. The number of rotatable bonds is 8. The molecule has 0 aliphatic carbocycles. The van der Waals surface area contributed by atoms with Gasteiger partial charge in [0, 0.05) is 31.9 Å². The van der Waals surface area contributed by atoms with Gasteiger partial charge in [0.15, 0.2) is 6.29 Å². The van der Waals surface area contributed by atoms with Crippen molar-refractivity contribution in [1.29, 1.82) is 0 Å². The number of hydrogen-bond donors (Lipinski definition) is 0. The monoisotopic (exact) mass is 352 g/mol. The van der Waals surface area contributed by atoms with Crippen molar-refractivity contribution in [2.45, 2.75) is 19.8 Å². The van der Waals surface area contributed by atoms with Crippen molar-refractivity contribution in [3.05, 3.63) is 59.7 Å². The number of aryl methyl sites for hydroxylation is 1. The first kappa shape index (κ1) is 18.5. The normalized spacial score (nSPS) is 15.0. The molecule has 0 aromatic heterocycles. The number of aldehydes is 1. The Morgan fingerprint density at radius 1 is 0.962 bits per heavy atom. The predicted molar refractivity (Wildman–Crippen MR) is 106 cm³/mol. The number of carbonyl (C=O) groups excluding carboxylic acids is 1. The maximum absolute atomic E-state index is 11.0. The van der Waals surface area contributed by atoms with E-state index in [9.17, 15) is 4.79 Å². The van der Waals surface area contributed by atoms with Gasteiger partial charge in [-0.2, -0.15) is 0 Å². The summed E-state index contributed by atoms with van der Waals surface area (Å²) in [6.07, 6.45) is 2.97. The first-order valence-electron chi connectivity index (χ1n) is 9.47. The third-order valence-electron chi connectivity index (χ3n) is 4.94. The van der Waals surface area contributed by atoms with Crippen LogP contribution in [0.5, 0.6) is 5.75 Å². The van der Waals surface area contributed by atoms with E-state index in [1.807, 2.05) is 18.2 Å². The highest BCUT2D eigenvalue weighted by molar-refractivity contribution is 5.79. The molecule has 1 aliphatic heterocycles. The molecule has 1 aliphatic rings. The molecule has 2 aromatic rings. The van der Waals surface area contributed by atoms with Crippen LogP contribution in [0.4, 0.5) is 5.69 Å². The van der Waals surface area contributed by atoms with Crippen LogP contribution in [-0.2, 0) is 0 Å². The second kappa shape index (κ2) is 9.39. The van der Waals surface area contributed by atoms with E-state index in [0.717, 1.165) is 51.9 Å². The second-order valence-corrected chi connectivity index (χ2v) is 6.88. The van der Waals surface area contributed by atoms with Crippen LogP contribution >= 0.6 is 0 Å². The molecule has 0 spiro atoms. The molecule has 1 heterocycles. The van der Waals surface area contributed by atoms with E-state index in [4.69, 9.17) is 4.74 Å². The molecule has 4 nitrogen and oxygen atoms in total. The summed E-state index contributed by atoms with van der Waals surface area (Å²) in [4.78, 5) is 16.0. The summed E-state index contributed by atoms with van der Waals surface area (Å²) >= 11 is 0. The SMILES string of the molecule is Cc1ccc(N2CCN(CCCCOc3ccccc3C=O)CC2)cc1. The highest BCUT2D eigenvalue weighted by Gasteiger charge is 2.16. The summed E-state index contributed by atoms with van der Waals surface area (Å²) in [5.41, 5.74) is 3.27. The van der Waals surface area contributed by atoms with Gasteiger partial charge in [-0.05, 0) is 50.6 Å². The smallest absolute Gasteiger partial charge is 0.153 e. The predicted octanol–water partition coefficient (Wildman–Crippen LogP) is 3.79. The fourth-order valence-electron chi connectivity index (χ4n) is 3.31. The number of para-hydroxylation sites is 1. The lowest BCUT2D eigenvalue weighted by atomic mass is 10.2. The van der Waals surface area contributed by atoms with Gasteiger partial charge in [-0.25, -0.2) is 0 Å². The Labute approximate surface area is 156 Å². The average Bonchev–Trinajstić information content (AvgIpc) is 2.69. The maximum Gasteiger partial charge on any atom is 0.153 e. The number of anilines is 1. The van der Waals surface area contributed by atoms with Crippen LogP contribution < -0.4 is 9.64 Å². The average molecular weight is 352 g/mol. The van der Waals surface area contributed by atoms with E-state index < -0.39 is 0 Å². The topological polar surface area (TPSA) is 32.8 Å². The summed E-state index contributed by atoms with van der Waals surface area (Å²) in [7, 11) is 0. The standard InChI is InChI=1S/C22H28N2O2/c1-19-8-10-21(11-9-19)24-15-13-23(14-16-24)12-4-5-17-26-22-7-3-2-6-20(22)18-25/h2-3,6-11,18H,4-5,12-17H2,1H3. The maximum atomic E-state index is 11.0. The van der Waals surface area contributed by atoms with Gasteiger partial charge in [0.2, 0.25) is 0 Å². The first-order valence-corrected chi connectivity index (χ1v) is 9.47. The minimum atomic E-state index is 0.625. The fourth-order valence-corrected chi connectivity index (χ4v) is 3.31. The van der Waals surface area contributed by atoms with Crippen LogP contribution in [0, 0.1) is 6.92 Å². The molecule has 0 amide bonds. The molecular weight excluding hydrogens is 324 g/mol. The van der Waals surface area contributed by atoms with Crippen molar-refractivity contribution in [2.24, 2.45) is 0 Å². The Morgan fingerprint density at radius 2 is 1.69 bits per heavy atom. The van der Waals surface area contributed by atoms with Gasteiger partial charge >= 0.3 is 0 Å². The Kier molecular flexibility index (Phi) is 6.67. The number of carbonyl (C=O) groups is 1.